The molecule has 26 heavy (non-hydrogen) atoms. The van der Waals surface area contributed by atoms with Crippen LogP contribution >= 0.6 is 24.0 Å². The summed E-state index contributed by atoms with van der Waals surface area (Å²) < 4.78 is 13.6. The highest BCUT2D eigenvalue weighted by atomic mass is 127. The molecule has 0 saturated carbocycles. The average molecular weight is 470 g/mol. The number of benzene rings is 2. The third kappa shape index (κ3) is 6.99. The lowest BCUT2D eigenvalue weighted by atomic mass is 10.1. The van der Waals surface area contributed by atoms with Gasteiger partial charge in [-0.3, -0.25) is 4.79 Å². The fraction of sp³-hybridized carbons (Fsp3) is 0.263. The fourth-order valence-electron chi connectivity index (χ4n) is 2.35. The molecule has 0 bridgehead atoms. The smallest absolute Gasteiger partial charge is 0.248 e. The predicted molar refractivity (Wildman–Crippen MR) is 113 cm³/mol. The van der Waals surface area contributed by atoms with E-state index in [9.17, 15) is 9.18 Å². The summed E-state index contributed by atoms with van der Waals surface area (Å²) in [5, 5.41) is 6.33. The van der Waals surface area contributed by atoms with Gasteiger partial charge in [-0.05, 0) is 42.7 Å². The second kappa shape index (κ2) is 11.5. The summed E-state index contributed by atoms with van der Waals surface area (Å²) in [6, 6.07) is 13.8. The van der Waals surface area contributed by atoms with Gasteiger partial charge in [0.25, 0.3) is 0 Å². The molecule has 140 valence electrons. The van der Waals surface area contributed by atoms with Gasteiger partial charge < -0.3 is 16.4 Å². The summed E-state index contributed by atoms with van der Waals surface area (Å²) >= 11 is 0. The predicted octanol–water partition coefficient (Wildman–Crippen LogP) is 2.84. The van der Waals surface area contributed by atoms with Crippen LogP contribution in [0.3, 0.4) is 0 Å². The van der Waals surface area contributed by atoms with Crippen molar-refractivity contribution in [2.45, 2.75) is 19.9 Å². The lowest BCUT2D eigenvalue weighted by Crippen LogP contribution is -2.38. The van der Waals surface area contributed by atoms with Crippen molar-refractivity contribution >= 4 is 35.8 Å². The summed E-state index contributed by atoms with van der Waals surface area (Å²) in [6.07, 6.45) is 0.564. The highest BCUT2D eigenvalue weighted by Crippen LogP contribution is 2.07. The number of guanidine groups is 1. The van der Waals surface area contributed by atoms with Crippen molar-refractivity contribution in [3.05, 3.63) is 71.0 Å². The van der Waals surface area contributed by atoms with E-state index in [1.807, 2.05) is 19.1 Å². The molecule has 0 aliphatic carbocycles. The van der Waals surface area contributed by atoms with Gasteiger partial charge >= 0.3 is 0 Å². The zero-order valence-electron chi connectivity index (χ0n) is 14.7. The van der Waals surface area contributed by atoms with Crippen molar-refractivity contribution in [2.75, 3.05) is 13.1 Å². The number of nitrogens with two attached hydrogens (primary N) is 1. The van der Waals surface area contributed by atoms with E-state index in [4.69, 9.17) is 5.73 Å². The Hall–Kier alpha value is -2.16. The second-order valence-corrected chi connectivity index (χ2v) is 5.53. The van der Waals surface area contributed by atoms with E-state index in [0.717, 1.165) is 5.56 Å². The molecule has 0 spiro atoms. The van der Waals surface area contributed by atoms with Gasteiger partial charge in [0.1, 0.15) is 5.82 Å². The van der Waals surface area contributed by atoms with E-state index in [2.05, 4.69) is 15.6 Å². The van der Waals surface area contributed by atoms with Crippen LogP contribution in [0.2, 0.25) is 0 Å². The van der Waals surface area contributed by atoms with Crippen molar-refractivity contribution < 1.29 is 9.18 Å². The Morgan fingerprint density at radius 2 is 1.92 bits per heavy atom. The Morgan fingerprint density at radius 3 is 2.62 bits per heavy atom. The van der Waals surface area contributed by atoms with Crippen LogP contribution in [0, 0.1) is 5.82 Å². The van der Waals surface area contributed by atoms with Crippen LogP contribution < -0.4 is 16.4 Å². The molecule has 0 aliphatic heterocycles. The second-order valence-electron chi connectivity index (χ2n) is 5.53. The molecule has 0 radical (unpaired) electrons. The number of carbonyl (C=O) groups excluding carboxylic acids is 1. The van der Waals surface area contributed by atoms with Gasteiger partial charge in [-0.1, -0.05) is 30.3 Å². The summed E-state index contributed by atoms with van der Waals surface area (Å²) in [5.74, 6) is -0.0152. The first-order valence-corrected chi connectivity index (χ1v) is 8.24. The van der Waals surface area contributed by atoms with Gasteiger partial charge in [0.15, 0.2) is 5.96 Å². The van der Waals surface area contributed by atoms with E-state index >= 15 is 0 Å². The Balaban J connectivity index is 0.00000338. The zero-order chi connectivity index (χ0) is 18.1. The van der Waals surface area contributed by atoms with E-state index in [1.54, 1.807) is 30.3 Å². The number of hydrogen-bond acceptors (Lipinski definition) is 2. The number of rotatable bonds is 7. The van der Waals surface area contributed by atoms with Crippen molar-refractivity contribution in [3.63, 3.8) is 0 Å². The van der Waals surface area contributed by atoms with Gasteiger partial charge in [0, 0.05) is 18.7 Å². The minimum absolute atomic E-state index is 0. The van der Waals surface area contributed by atoms with E-state index < -0.39 is 5.91 Å². The summed E-state index contributed by atoms with van der Waals surface area (Å²) in [7, 11) is 0. The molecule has 7 heteroatoms. The highest BCUT2D eigenvalue weighted by molar-refractivity contribution is 14.0. The van der Waals surface area contributed by atoms with Gasteiger partial charge in [0.2, 0.25) is 5.91 Å². The molecule has 2 aromatic rings. The molecule has 0 heterocycles. The molecule has 1 amide bonds. The third-order valence-corrected chi connectivity index (χ3v) is 3.62. The van der Waals surface area contributed by atoms with Crippen LogP contribution in [0.4, 0.5) is 4.39 Å². The van der Waals surface area contributed by atoms with Crippen LogP contribution in [-0.2, 0) is 13.0 Å². The number of carbonyl (C=O) groups is 1. The van der Waals surface area contributed by atoms with Gasteiger partial charge in [-0.25, -0.2) is 9.38 Å². The summed E-state index contributed by atoms with van der Waals surface area (Å²) in [4.78, 5) is 15.7. The Kier molecular flexibility index (Phi) is 9.64. The SMILES string of the molecule is CCNC(=NCc1cccc(C(N)=O)c1)NCCc1ccccc1F.I. The molecule has 2 aromatic carbocycles. The molecule has 0 aromatic heterocycles. The van der Waals surface area contributed by atoms with Crippen LogP contribution in [-0.4, -0.2) is 25.0 Å². The Morgan fingerprint density at radius 1 is 1.15 bits per heavy atom. The first kappa shape index (κ1) is 21.9. The maximum atomic E-state index is 13.6. The number of aliphatic imine (C=N–C) groups is 1. The van der Waals surface area contributed by atoms with Crippen LogP contribution in [0.5, 0.6) is 0 Å². The van der Waals surface area contributed by atoms with E-state index in [0.29, 0.717) is 43.1 Å². The van der Waals surface area contributed by atoms with Crippen molar-refractivity contribution in [3.8, 4) is 0 Å². The highest BCUT2D eigenvalue weighted by Gasteiger charge is 2.03. The summed E-state index contributed by atoms with van der Waals surface area (Å²) in [6.45, 7) is 3.67. The standard InChI is InChI=1S/C19H23FN4O.HI/c1-2-22-19(23-11-10-15-7-3-4-9-17(15)20)24-13-14-6-5-8-16(12-14)18(21)25;/h3-9,12H,2,10-11,13H2,1H3,(H2,21,25)(H2,22,23,24);1H. The molecular formula is C19H24FIN4O. The summed E-state index contributed by atoms with van der Waals surface area (Å²) in [5.41, 5.74) is 7.31. The van der Waals surface area contributed by atoms with Crippen molar-refractivity contribution in [1.82, 2.24) is 10.6 Å². The van der Waals surface area contributed by atoms with Crippen molar-refractivity contribution in [1.29, 1.82) is 0 Å². The number of amides is 1. The fourth-order valence-corrected chi connectivity index (χ4v) is 2.35. The Labute approximate surface area is 170 Å². The third-order valence-electron chi connectivity index (χ3n) is 3.62. The van der Waals surface area contributed by atoms with Crippen LogP contribution in [0.15, 0.2) is 53.5 Å². The molecule has 0 fully saturated rings. The quantitative estimate of drug-likeness (QED) is 0.331. The largest absolute Gasteiger partial charge is 0.366 e. The van der Waals surface area contributed by atoms with Gasteiger partial charge in [-0.15, -0.1) is 24.0 Å². The van der Waals surface area contributed by atoms with Crippen LogP contribution in [0.1, 0.15) is 28.4 Å². The molecule has 0 atom stereocenters. The van der Waals surface area contributed by atoms with Crippen molar-refractivity contribution in [2.24, 2.45) is 10.7 Å². The molecular weight excluding hydrogens is 446 g/mol. The average Bonchev–Trinajstić information content (AvgIpc) is 2.61. The molecule has 2 rings (SSSR count). The number of hydrogen-bond donors (Lipinski definition) is 3. The number of nitrogens with zero attached hydrogens (tertiary/aromatic N) is 1. The zero-order valence-corrected chi connectivity index (χ0v) is 17.0. The topological polar surface area (TPSA) is 79.5 Å². The number of halogens is 2. The van der Waals surface area contributed by atoms with Gasteiger partial charge in [-0.2, -0.15) is 0 Å². The minimum atomic E-state index is -0.458. The van der Waals surface area contributed by atoms with E-state index in [1.165, 1.54) is 6.07 Å². The maximum absolute atomic E-state index is 13.6. The minimum Gasteiger partial charge on any atom is -0.366 e. The molecule has 4 N–H and O–H groups in total. The molecule has 5 nitrogen and oxygen atoms in total. The normalized spacial score (nSPS) is 10.8. The molecule has 0 unspecified atom stereocenters. The van der Waals surface area contributed by atoms with Gasteiger partial charge in [0.05, 0.1) is 6.54 Å². The number of primary amides is 1. The lowest BCUT2D eigenvalue weighted by molar-refractivity contribution is 0.1000. The van der Waals surface area contributed by atoms with Crippen LogP contribution in [0.25, 0.3) is 0 Å². The van der Waals surface area contributed by atoms with E-state index in [-0.39, 0.29) is 29.8 Å². The first-order valence-electron chi connectivity index (χ1n) is 8.24. The first-order chi connectivity index (χ1) is 12.1. The number of nitrogens with one attached hydrogen (secondary N) is 2. The monoisotopic (exact) mass is 470 g/mol. The molecule has 0 saturated heterocycles. The lowest BCUT2D eigenvalue weighted by Gasteiger charge is -2.11. The Bertz CT molecular complexity index is 752. The molecule has 0 aliphatic rings. The maximum Gasteiger partial charge on any atom is 0.248 e.